The summed E-state index contributed by atoms with van der Waals surface area (Å²) < 4.78 is 30.6. The van der Waals surface area contributed by atoms with Crippen molar-refractivity contribution >= 4 is 11.8 Å². The molecule has 51 heavy (non-hydrogen) atoms. The summed E-state index contributed by atoms with van der Waals surface area (Å²) in [5, 5.41) is 71.6. The molecule has 0 aromatic carbocycles. The van der Waals surface area contributed by atoms with Crippen molar-refractivity contribution in [2.75, 3.05) is 21.2 Å². The molecule has 0 bridgehead atoms. The van der Waals surface area contributed by atoms with Crippen molar-refractivity contribution in [1.82, 2.24) is 4.90 Å². The predicted molar refractivity (Wildman–Crippen MR) is 186 cm³/mol. The average molecular weight is 734 g/mol. The number of carbonyl (C=O) groups excluding carboxylic acids is 2. The average Bonchev–Trinajstić information content (AvgIpc) is 3.06. The lowest BCUT2D eigenvalue weighted by Gasteiger charge is -2.57. The maximum atomic E-state index is 14.1. The maximum Gasteiger partial charge on any atom is 0.311 e. The molecule has 14 heteroatoms. The summed E-state index contributed by atoms with van der Waals surface area (Å²) in [6.45, 7) is 15.6. The molecule has 3 aliphatic heterocycles. The molecule has 0 aromatic heterocycles. The van der Waals surface area contributed by atoms with Crippen LogP contribution in [-0.4, -0.2) is 152 Å². The van der Waals surface area contributed by atoms with Crippen LogP contribution in [0.3, 0.4) is 0 Å². The maximum absolute atomic E-state index is 14.1. The minimum Gasteiger partial charge on any atom is -0.459 e. The summed E-state index contributed by atoms with van der Waals surface area (Å²) in [5.74, 6) is -5.90. The molecule has 0 saturated carbocycles. The number of nitrogens with zero attached hydrogens (tertiary/aromatic N) is 1. The third-order valence-electron chi connectivity index (χ3n) is 12.6. The number of aliphatic hydroxyl groups excluding tert-OH is 3. The number of Topliss-reactive ketones (excluding diaryl/α,β-unsaturated/α-hetero) is 1. The molecule has 0 spiro atoms. The van der Waals surface area contributed by atoms with Crippen LogP contribution in [0, 0.1) is 23.7 Å². The first kappa shape index (κ1) is 44.1. The van der Waals surface area contributed by atoms with Crippen LogP contribution in [0.15, 0.2) is 0 Å². The Hall–Kier alpha value is -1.30. The Labute approximate surface area is 303 Å². The van der Waals surface area contributed by atoms with Gasteiger partial charge in [-0.05, 0) is 74.9 Å². The highest BCUT2D eigenvalue weighted by Crippen LogP contribution is 2.47. The summed E-state index contributed by atoms with van der Waals surface area (Å²) in [4.78, 5) is 29.9. The van der Waals surface area contributed by atoms with Gasteiger partial charge in [0.1, 0.15) is 41.4 Å². The number of esters is 1. The minimum atomic E-state index is -2.40. The van der Waals surface area contributed by atoms with E-state index in [4.69, 9.17) is 23.7 Å². The van der Waals surface area contributed by atoms with E-state index in [0.29, 0.717) is 6.42 Å². The molecular weight excluding hydrogens is 666 g/mol. The van der Waals surface area contributed by atoms with Crippen molar-refractivity contribution in [3.8, 4) is 0 Å². The van der Waals surface area contributed by atoms with Gasteiger partial charge >= 0.3 is 5.97 Å². The Morgan fingerprint density at radius 1 is 0.902 bits per heavy atom. The van der Waals surface area contributed by atoms with E-state index < -0.39 is 119 Å². The van der Waals surface area contributed by atoms with Gasteiger partial charge in [-0.3, -0.25) is 9.59 Å². The Morgan fingerprint density at radius 3 is 2.02 bits per heavy atom. The van der Waals surface area contributed by atoms with Gasteiger partial charge < -0.3 is 59.2 Å². The second-order valence-electron chi connectivity index (χ2n) is 16.6. The molecule has 298 valence electrons. The van der Waals surface area contributed by atoms with Crippen LogP contribution in [0.1, 0.15) is 94.9 Å². The largest absolute Gasteiger partial charge is 0.459 e. The number of likely N-dealkylation sites (N-methyl/N-ethyl adjacent to an activating group) is 1. The number of ketones is 1. The van der Waals surface area contributed by atoms with Gasteiger partial charge in [0.15, 0.2) is 6.29 Å². The number of hydrogen-bond acceptors (Lipinski definition) is 14. The molecule has 14 nitrogen and oxygen atoms in total. The molecule has 0 aromatic rings. The third-order valence-corrected chi connectivity index (χ3v) is 12.6. The Balaban J connectivity index is 2.30. The van der Waals surface area contributed by atoms with Gasteiger partial charge in [0.05, 0.1) is 41.5 Å². The third kappa shape index (κ3) is 8.36. The minimum absolute atomic E-state index is 0.0275. The van der Waals surface area contributed by atoms with Crippen LogP contribution in [0.25, 0.3) is 0 Å². The fourth-order valence-corrected chi connectivity index (χ4v) is 8.66. The zero-order valence-electron chi connectivity index (χ0n) is 32.9. The second-order valence-corrected chi connectivity index (χ2v) is 16.6. The first-order valence-electron chi connectivity index (χ1n) is 18.5. The fraction of sp³-hybridized carbons (Fsp3) is 0.946. The van der Waals surface area contributed by atoms with E-state index in [9.17, 15) is 40.2 Å². The zero-order chi connectivity index (χ0) is 39.2. The van der Waals surface area contributed by atoms with E-state index in [0.717, 1.165) is 0 Å². The van der Waals surface area contributed by atoms with E-state index in [-0.39, 0.29) is 19.3 Å². The van der Waals surface area contributed by atoms with E-state index in [1.54, 1.807) is 55.6 Å². The van der Waals surface area contributed by atoms with E-state index in [1.807, 2.05) is 4.90 Å². The number of rotatable bonds is 6. The van der Waals surface area contributed by atoms with Crippen LogP contribution in [0.4, 0.5) is 0 Å². The molecule has 3 heterocycles. The van der Waals surface area contributed by atoms with Crippen molar-refractivity contribution < 1.29 is 63.9 Å². The molecule has 0 amide bonds. The van der Waals surface area contributed by atoms with Crippen LogP contribution >= 0.6 is 0 Å². The van der Waals surface area contributed by atoms with Gasteiger partial charge in [0.25, 0.3) is 0 Å². The van der Waals surface area contributed by atoms with Gasteiger partial charge in [-0.2, -0.15) is 0 Å². The molecule has 18 unspecified atom stereocenters. The van der Waals surface area contributed by atoms with Crippen molar-refractivity contribution in [2.24, 2.45) is 23.7 Å². The Morgan fingerprint density at radius 2 is 1.49 bits per heavy atom. The van der Waals surface area contributed by atoms with Crippen LogP contribution in [0.2, 0.25) is 0 Å². The number of cyclic esters (lactones) is 1. The highest BCUT2D eigenvalue weighted by Gasteiger charge is 2.64. The summed E-state index contributed by atoms with van der Waals surface area (Å²) >= 11 is 0. The first-order chi connectivity index (χ1) is 23.3. The number of carbonyl (C=O) groups is 2. The summed E-state index contributed by atoms with van der Waals surface area (Å²) in [5.41, 5.74) is -7.73. The lowest BCUT2D eigenvalue weighted by Crippen LogP contribution is -2.73. The Bertz CT molecular complexity index is 1200. The van der Waals surface area contributed by atoms with Gasteiger partial charge in [-0.15, -0.1) is 0 Å². The summed E-state index contributed by atoms with van der Waals surface area (Å²) in [6.07, 6.45) is -10.1. The van der Waals surface area contributed by atoms with Gasteiger partial charge in [0.2, 0.25) is 0 Å². The highest BCUT2D eigenvalue weighted by molar-refractivity contribution is 5.84. The molecule has 3 fully saturated rings. The quantitative estimate of drug-likeness (QED) is 0.212. The molecule has 0 radical (unpaired) electrons. The molecular formula is C37H67NO13. The molecule has 6 N–H and O–H groups in total. The number of hydrogen-bond donors (Lipinski definition) is 6. The van der Waals surface area contributed by atoms with E-state index >= 15 is 0 Å². The summed E-state index contributed by atoms with van der Waals surface area (Å²) in [6, 6.07) is -0.493. The number of aliphatic hydroxyl groups is 6. The number of methoxy groups -OCH3 is 1. The second kappa shape index (κ2) is 16.2. The molecule has 3 aliphatic rings. The molecule has 18 atom stereocenters. The zero-order valence-corrected chi connectivity index (χ0v) is 32.9. The van der Waals surface area contributed by atoms with Crippen LogP contribution in [0.5, 0.6) is 0 Å². The monoisotopic (exact) mass is 733 g/mol. The fourth-order valence-electron chi connectivity index (χ4n) is 8.66. The lowest BCUT2D eigenvalue weighted by molar-refractivity contribution is -0.324. The van der Waals surface area contributed by atoms with Crippen LogP contribution in [-0.2, 0) is 33.3 Å². The predicted octanol–water partition coefficient (Wildman–Crippen LogP) is 1.17. The molecule has 3 saturated heterocycles. The summed E-state index contributed by atoms with van der Waals surface area (Å²) in [7, 11) is 5.04. The standard InChI is InChI=1S/C37H67NO13/c1-14-25-31(42)36(10,45)21(5)27(39)18(2)16-35(9,44)37(46,32-28(40)24(38(11)12)15-19(3)48-32)22(6)29(20(4)33(43)50-25)51-26-17-34(8,47-13)30(41)23(7)49-26/h18-26,28-32,40-42,44-46H,14-17H2,1-13H3. The smallest absolute Gasteiger partial charge is 0.311 e. The van der Waals surface area contributed by atoms with Crippen molar-refractivity contribution in [3.63, 3.8) is 0 Å². The van der Waals surface area contributed by atoms with Gasteiger partial charge in [-0.25, -0.2) is 0 Å². The lowest BCUT2D eigenvalue weighted by atomic mass is 9.62. The van der Waals surface area contributed by atoms with Crippen molar-refractivity contribution in [2.45, 2.75) is 178 Å². The normalized spacial score (nSPS) is 51.2. The highest BCUT2D eigenvalue weighted by atomic mass is 16.7. The Kier molecular flexibility index (Phi) is 14.0. The first-order valence-corrected chi connectivity index (χ1v) is 18.5. The van der Waals surface area contributed by atoms with Crippen LogP contribution < -0.4 is 0 Å². The van der Waals surface area contributed by atoms with Gasteiger partial charge in [0, 0.05) is 37.3 Å². The van der Waals surface area contributed by atoms with Crippen molar-refractivity contribution in [1.29, 1.82) is 0 Å². The molecule has 3 rings (SSSR count). The topological polar surface area (TPSA) is 205 Å². The van der Waals surface area contributed by atoms with E-state index in [2.05, 4.69) is 0 Å². The molecule has 0 aliphatic carbocycles. The SMILES string of the molecule is CCC1OC(=O)C(C)C(OC2CC(C)(OC)C(O)C(C)O2)C(C)C(O)(C2OC(C)CC(N(C)C)C2O)C(C)(O)CC(C)C(=O)C(C)C(C)(O)C1O. The van der Waals surface area contributed by atoms with Crippen molar-refractivity contribution in [3.05, 3.63) is 0 Å². The van der Waals surface area contributed by atoms with E-state index in [1.165, 1.54) is 34.8 Å². The van der Waals surface area contributed by atoms with Gasteiger partial charge in [-0.1, -0.05) is 27.7 Å². The number of ether oxygens (including phenoxy) is 5.